The fourth-order valence-electron chi connectivity index (χ4n) is 2.78. The number of halogens is 5. The number of aromatic nitrogens is 6. The molecule has 160 valence electrons. The van der Waals surface area contributed by atoms with Gasteiger partial charge in [0.25, 0.3) is 0 Å². The lowest BCUT2D eigenvalue weighted by atomic mass is 10.1. The molecule has 0 spiro atoms. The van der Waals surface area contributed by atoms with E-state index in [4.69, 9.17) is 23.2 Å². The second-order valence-corrected chi connectivity index (χ2v) is 7.07. The number of hydrogen-bond donors (Lipinski definition) is 0. The molecule has 0 amide bonds. The summed E-state index contributed by atoms with van der Waals surface area (Å²) in [5, 5.41) is 14.0. The standard InChI is InChI=1S/C19H9Cl2F3N8/c20-13-6-26-17(27-7-13)32(18-28-8-14(21)9-29-18)15-3-1-2-11(4-25)16(15)31-10-12(5-30-31)19(22,23)24/h1-3,5-10H. The lowest BCUT2D eigenvalue weighted by Crippen LogP contribution is -2.18. The van der Waals surface area contributed by atoms with Crippen molar-refractivity contribution in [2.75, 3.05) is 4.90 Å². The zero-order valence-electron chi connectivity index (χ0n) is 15.7. The third kappa shape index (κ3) is 4.18. The molecule has 8 nitrogen and oxygen atoms in total. The molecule has 0 aliphatic rings. The van der Waals surface area contributed by atoms with E-state index in [1.807, 2.05) is 6.07 Å². The first-order valence-electron chi connectivity index (χ1n) is 8.68. The van der Waals surface area contributed by atoms with Crippen LogP contribution in [-0.4, -0.2) is 29.7 Å². The Hall–Kier alpha value is -3.75. The molecule has 3 heterocycles. The quantitative estimate of drug-likeness (QED) is 0.403. The zero-order chi connectivity index (χ0) is 22.9. The molecule has 0 unspecified atom stereocenters. The minimum atomic E-state index is -4.61. The van der Waals surface area contributed by atoms with E-state index in [1.54, 1.807) is 12.1 Å². The van der Waals surface area contributed by atoms with Crippen LogP contribution in [0.3, 0.4) is 0 Å². The van der Waals surface area contributed by atoms with E-state index in [-0.39, 0.29) is 38.9 Å². The zero-order valence-corrected chi connectivity index (χ0v) is 17.2. The number of anilines is 3. The molecule has 4 rings (SSSR count). The molecule has 0 bridgehead atoms. The molecule has 3 aromatic heterocycles. The van der Waals surface area contributed by atoms with Crippen LogP contribution in [-0.2, 0) is 6.18 Å². The first-order valence-corrected chi connectivity index (χ1v) is 9.44. The van der Waals surface area contributed by atoms with Gasteiger partial charge in [-0.25, -0.2) is 29.5 Å². The highest BCUT2D eigenvalue weighted by Crippen LogP contribution is 2.37. The minimum absolute atomic E-state index is 0.0441. The van der Waals surface area contributed by atoms with Crippen LogP contribution in [0.25, 0.3) is 5.69 Å². The van der Waals surface area contributed by atoms with Gasteiger partial charge in [-0.2, -0.15) is 23.5 Å². The topological polar surface area (TPSA) is 96.4 Å². The van der Waals surface area contributed by atoms with E-state index in [2.05, 4.69) is 25.0 Å². The smallest absolute Gasteiger partial charge is 0.244 e. The average Bonchev–Trinajstić information content (AvgIpc) is 3.27. The van der Waals surface area contributed by atoms with Crippen LogP contribution < -0.4 is 4.90 Å². The van der Waals surface area contributed by atoms with Crippen LogP contribution in [0.1, 0.15) is 11.1 Å². The number of nitrogens with zero attached hydrogens (tertiary/aromatic N) is 8. The van der Waals surface area contributed by atoms with Crippen LogP contribution in [0, 0.1) is 11.3 Å². The van der Waals surface area contributed by atoms with E-state index in [0.29, 0.717) is 6.20 Å². The van der Waals surface area contributed by atoms with Crippen molar-refractivity contribution in [1.82, 2.24) is 29.7 Å². The largest absolute Gasteiger partial charge is 0.419 e. The number of hydrogen-bond acceptors (Lipinski definition) is 7. The SMILES string of the molecule is N#Cc1cccc(N(c2ncc(Cl)cn2)c2ncc(Cl)cn2)c1-n1cc(C(F)(F)F)cn1. The third-order valence-electron chi connectivity index (χ3n) is 4.13. The van der Waals surface area contributed by atoms with Gasteiger partial charge in [0.15, 0.2) is 0 Å². The Balaban J connectivity index is 1.98. The number of rotatable bonds is 4. The Morgan fingerprint density at radius 2 is 1.47 bits per heavy atom. The van der Waals surface area contributed by atoms with Crippen LogP contribution >= 0.6 is 23.2 Å². The molecule has 0 fully saturated rings. The molecule has 32 heavy (non-hydrogen) atoms. The van der Waals surface area contributed by atoms with Crippen LogP contribution in [0.5, 0.6) is 0 Å². The Bertz CT molecular complexity index is 1250. The van der Waals surface area contributed by atoms with Crippen LogP contribution in [0.2, 0.25) is 10.0 Å². The first-order chi connectivity index (χ1) is 15.3. The summed E-state index contributed by atoms with van der Waals surface area (Å²) in [7, 11) is 0. The molecule has 0 atom stereocenters. The van der Waals surface area contributed by atoms with Gasteiger partial charge in [0.1, 0.15) is 11.8 Å². The molecule has 0 saturated carbocycles. The van der Waals surface area contributed by atoms with Crippen molar-refractivity contribution in [3.8, 4) is 11.8 Å². The van der Waals surface area contributed by atoms with E-state index >= 15 is 0 Å². The van der Waals surface area contributed by atoms with E-state index in [0.717, 1.165) is 10.9 Å². The fourth-order valence-corrected chi connectivity index (χ4v) is 2.98. The average molecular weight is 477 g/mol. The molecule has 0 saturated heterocycles. The van der Waals surface area contributed by atoms with Crippen molar-refractivity contribution in [3.05, 3.63) is 76.6 Å². The number of benzene rings is 1. The molecule has 13 heteroatoms. The van der Waals surface area contributed by atoms with Crippen LogP contribution in [0.15, 0.2) is 55.4 Å². The van der Waals surface area contributed by atoms with Crippen molar-refractivity contribution in [1.29, 1.82) is 5.26 Å². The molecule has 1 aromatic carbocycles. The summed E-state index contributed by atoms with van der Waals surface area (Å²) in [6.45, 7) is 0. The van der Waals surface area contributed by atoms with Gasteiger partial charge in [-0.15, -0.1) is 0 Å². The number of alkyl halides is 3. The van der Waals surface area contributed by atoms with Crippen molar-refractivity contribution in [2.45, 2.75) is 6.18 Å². The predicted molar refractivity (Wildman–Crippen MR) is 109 cm³/mol. The normalized spacial score (nSPS) is 11.2. The summed E-state index contributed by atoms with van der Waals surface area (Å²) in [5.41, 5.74) is -0.686. The molecular formula is C19H9Cl2F3N8. The predicted octanol–water partition coefficient (Wildman–Crippen LogP) is 5.12. The maximum absolute atomic E-state index is 13.2. The van der Waals surface area contributed by atoms with Gasteiger partial charge in [0.05, 0.1) is 57.8 Å². The lowest BCUT2D eigenvalue weighted by Gasteiger charge is -2.23. The summed E-state index contributed by atoms with van der Waals surface area (Å²) in [6.07, 6.45) is 2.15. The van der Waals surface area contributed by atoms with E-state index in [9.17, 15) is 18.4 Å². The second kappa shape index (κ2) is 8.41. The summed E-state index contributed by atoms with van der Waals surface area (Å²) < 4.78 is 40.5. The number of para-hydroxylation sites is 1. The third-order valence-corrected chi connectivity index (χ3v) is 4.52. The fraction of sp³-hybridized carbons (Fsp3) is 0.0526. The summed E-state index contributed by atoms with van der Waals surface area (Å²) in [5.74, 6) is 0.104. The monoisotopic (exact) mass is 476 g/mol. The van der Waals surface area contributed by atoms with Crippen LogP contribution in [0.4, 0.5) is 30.8 Å². The summed E-state index contributed by atoms with van der Waals surface area (Å²) >= 11 is 11.8. The van der Waals surface area contributed by atoms with Crippen molar-refractivity contribution in [2.24, 2.45) is 0 Å². The Morgan fingerprint density at radius 1 is 0.906 bits per heavy atom. The molecular weight excluding hydrogens is 468 g/mol. The molecule has 0 N–H and O–H groups in total. The molecule has 0 aliphatic carbocycles. The number of nitriles is 1. The summed E-state index contributed by atoms with van der Waals surface area (Å²) in [6, 6.07) is 6.50. The second-order valence-electron chi connectivity index (χ2n) is 6.19. The first kappa shape index (κ1) is 21.5. The van der Waals surface area contributed by atoms with Crippen molar-refractivity contribution >= 4 is 40.8 Å². The highest BCUT2D eigenvalue weighted by molar-refractivity contribution is 6.30. The maximum atomic E-state index is 13.2. The Morgan fingerprint density at radius 3 is 1.94 bits per heavy atom. The highest BCUT2D eigenvalue weighted by Gasteiger charge is 2.33. The van der Waals surface area contributed by atoms with Gasteiger partial charge < -0.3 is 0 Å². The van der Waals surface area contributed by atoms with Gasteiger partial charge in [0.2, 0.25) is 11.9 Å². The Labute approximate surface area is 188 Å². The van der Waals surface area contributed by atoms with Gasteiger partial charge in [-0.1, -0.05) is 29.3 Å². The minimum Gasteiger partial charge on any atom is -0.244 e. The van der Waals surface area contributed by atoms with Crippen molar-refractivity contribution < 1.29 is 13.2 Å². The highest BCUT2D eigenvalue weighted by atomic mass is 35.5. The molecule has 0 aliphatic heterocycles. The molecule has 0 radical (unpaired) electrons. The van der Waals surface area contributed by atoms with Gasteiger partial charge in [-0.3, -0.25) is 0 Å². The van der Waals surface area contributed by atoms with E-state index < -0.39 is 11.7 Å². The molecule has 4 aromatic rings. The van der Waals surface area contributed by atoms with Gasteiger partial charge in [-0.05, 0) is 12.1 Å². The lowest BCUT2D eigenvalue weighted by molar-refractivity contribution is -0.137. The van der Waals surface area contributed by atoms with Gasteiger partial charge >= 0.3 is 6.18 Å². The summed E-state index contributed by atoms with van der Waals surface area (Å²) in [4.78, 5) is 18.0. The van der Waals surface area contributed by atoms with Crippen molar-refractivity contribution in [3.63, 3.8) is 0 Å². The Kier molecular flexibility index (Phi) is 5.65. The van der Waals surface area contributed by atoms with E-state index in [1.165, 1.54) is 35.8 Å². The maximum Gasteiger partial charge on any atom is 0.419 e. The van der Waals surface area contributed by atoms with Gasteiger partial charge in [0, 0.05) is 6.20 Å².